The van der Waals surface area contributed by atoms with Crippen molar-refractivity contribution in [2.24, 2.45) is 0 Å². The number of piperazine rings is 1. The van der Waals surface area contributed by atoms with E-state index >= 15 is 0 Å². The lowest BCUT2D eigenvalue weighted by Crippen LogP contribution is -2.47. The van der Waals surface area contributed by atoms with Crippen LogP contribution >= 0.6 is 0 Å². The first kappa shape index (κ1) is 13.8. The van der Waals surface area contributed by atoms with Crippen LogP contribution in [0.25, 0.3) is 0 Å². The summed E-state index contributed by atoms with van der Waals surface area (Å²) in [6, 6.07) is 11.8. The Morgan fingerprint density at radius 1 is 0.818 bits per heavy atom. The van der Waals surface area contributed by atoms with Crippen molar-refractivity contribution in [3.63, 3.8) is 0 Å². The molecule has 0 N–H and O–H groups in total. The van der Waals surface area contributed by atoms with Crippen LogP contribution in [0.1, 0.15) is 11.3 Å². The van der Waals surface area contributed by atoms with Gasteiger partial charge in [-0.2, -0.15) is 10.5 Å². The van der Waals surface area contributed by atoms with E-state index in [1.54, 1.807) is 6.20 Å². The summed E-state index contributed by atoms with van der Waals surface area (Å²) in [7, 11) is 0. The normalized spacial score (nSPS) is 14.3. The van der Waals surface area contributed by atoms with E-state index in [-0.39, 0.29) is 0 Å². The molecular formula is C16H14N6. The minimum atomic E-state index is 0.370. The Balaban J connectivity index is 1.70. The highest BCUT2D eigenvalue weighted by Crippen LogP contribution is 2.20. The highest BCUT2D eigenvalue weighted by Gasteiger charge is 2.20. The zero-order valence-corrected chi connectivity index (χ0v) is 12.0. The molecule has 2 aromatic rings. The molecule has 3 rings (SSSR count). The van der Waals surface area contributed by atoms with Crippen LogP contribution in [-0.4, -0.2) is 36.1 Å². The van der Waals surface area contributed by atoms with Crippen LogP contribution in [0.15, 0.2) is 36.7 Å². The number of aromatic nitrogens is 2. The van der Waals surface area contributed by atoms with E-state index in [2.05, 4.69) is 31.9 Å². The minimum absolute atomic E-state index is 0.370. The fraction of sp³-hybridized carbons (Fsp3) is 0.250. The molecule has 0 atom stereocenters. The summed E-state index contributed by atoms with van der Waals surface area (Å²) in [5, 5.41) is 18.0. The third-order valence-corrected chi connectivity index (χ3v) is 3.73. The third-order valence-electron chi connectivity index (χ3n) is 3.73. The molecule has 108 valence electrons. The van der Waals surface area contributed by atoms with Crippen LogP contribution in [0.5, 0.6) is 0 Å². The molecule has 22 heavy (non-hydrogen) atoms. The SMILES string of the molecule is N#Cc1ccc(N2CCN(c3nccnc3C#N)CC2)cc1. The highest BCUT2D eigenvalue weighted by atomic mass is 15.3. The Labute approximate surface area is 128 Å². The zero-order valence-electron chi connectivity index (χ0n) is 12.0. The maximum absolute atomic E-state index is 9.11. The van der Waals surface area contributed by atoms with Gasteiger partial charge in [0, 0.05) is 44.3 Å². The lowest BCUT2D eigenvalue weighted by molar-refractivity contribution is 0.645. The first-order valence-corrected chi connectivity index (χ1v) is 7.03. The van der Waals surface area contributed by atoms with Crippen molar-refractivity contribution >= 4 is 11.5 Å². The summed E-state index contributed by atoms with van der Waals surface area (Å²) >= 11 is 0. The third kappa shape index (κ3) is 2.68. The second-order valence-electron chi connectivity index (χ2n) is 4.97. The van der Waals surface area contributed by atoms with Gasteiger partial charge in [-0.3, -0.25) is 0 Å². The molecule has 6 nitrogen and oxygen atoms in total. The number of benzene rings is 1. The lowest BCUT2D eigenvalue weighted by atomic mass is 10.2. The average Bonchev–Trinajstić information content (AvgIpc) is 2.62. The second kappa shape index (κ2) is 6.11. The van der Waals surface area contributed by atoms with E-state index < -0.39 is 0 Å². The van der Waals surface area contributed by atoms with E-state index in [0.29, 0.717) is 17.1 Å². The summed E-state index contributed by atoms with van der Waals surface area (Å²) in [5.74, 6) is 0.657. The maximum Gasteiger partial charge on any atom is 0.183 e. The molecule has 0 unspecified atom stereocenters. The van der Waals surface area contributed by atoms with Gasteiger partial charge < -0.3 is 9.80 Å². The standard InChI is InChI=1S/C16H14N6/c17-11-13-1-3-14(4-2-13)21-7-9-22(10-8-21)16-15(12-18)19-5-6-20-16/h1-6H,7-10H2. The Morgan fingerprint density at radius 2 is 1.45 bits per heavy atom. The molecule has 1 aliphatic heterocycles. The quantitative estimate of drug-likeness (QED) is 0.834. The molecule has 6 heteroatoms. The summed E-state index contributed by atoms with van der Waals surface area (Å²) < 4.78 is 0. The Kier molecular flexibility index (Phi) is 3.84. The number of hydrogen-bond acceptors (Lipinski definition) is 6. The van der Waals surface area contributed by atoms with Gasteiger partial charge in [0.2, 0.25) is 0 Å². The van der Waals surface area contributed by atoms with Crippen LogP contribution in [0.4, 0.5) is 11.5 Å². The van der Waals surface area contributed by atoms with Crippen LogP contribution in [0.2, 0.25) is 0 Å². The van der Waals surface area contributed by atoms with Crippen molar-refractivity contribution in [2.45, 2.75) is 0 Å². The number of rotatable bonds is 2. The smallest absolute Gasteiger partial charge is 0.183 e. The van der Waals surface area contributed by atoms with Gasteiger partial charge in [0.25, 0.3) is 0 Å². The van der Waals surface area contributed by atoms with Crippen LogP contribution < -0.4 is 9.80 Å². The molecule has 0 bridgehead atoms. The zero-order chi connectivity index (χ0) is 15.4. The topological polar surface area (TPSA) is 79.8 Å². The number of nitrogens with zero attached hydrogens (tertiary/aromatic N) is 6. The Hall–Kier alpha value is -3.12. The summed E-state index contributed by atoms with van der Waals surface area (Å²) in [4.78, 5) is 12.7. The predicted octanol–water partition coefficient (Wildman–Crippen LogP) is 1.55. The molecule has 2 heterocycles. The molecular weight excluding hydrogens is 276 g/mol. The Bertz CT molecular complexity index is 732. The van der Waals surface area contributed by atoms with Crippen molar-refractivity contribution in [2.75, 3.05) is 36.0 Å². The molecule has 1 aromatic carbocycles. The monoisotopic (exact) mass is 290 g/mol. The van der Waals surface area contributed by atoms with Crippen LogP contribution in [0, 0.1) is 22.7 Å². The minimum Gasteiger partial charge on any atom is -0.368 e. The van der Waals surface area contributed by atoms with E-state index in [1.807, 2.05) is 24.3 Å². The highest BCUT2D eigenvalue weighted by molar-refractivity contribution is 5.54. The van der Waals surface area contributed by atoms with Crippen molar-refractivity contribution in [1.82, 2.24) is 9.97 Å². The summed E-state index contributed by atoms with van der Waals surface area (Å²) in [6.45, 7) is 3.25. The van der Waals surface area contributed by atoms with Crippen LogP contribution in [-0.2, 0) is 0 Å². The first-order chi connectivity index (χ1) is 10.8. The molecule has 1 saturated heterocycles. The summed E-state index contributed by atoms with van der Waals surface area (Å²) in [6.07, 6.45) is 3.15. The van der Waals surface area contributed by atoms with E-state index in [9.17, 15) is 0 Å². The number of hydrogen-bond donors (Lipinski definition) is 0. The second-order valence-corrected chi connectivity index (χ2v) is 4.97. The van der Waals surface area contributed by atoms with Gasteiger partial charge >= 0.3 is 0 Å². The maximum atomic E-state index is 9.11. The predicted molar refractivity (Wildman–Crippen MR) is 82.3 cm³/mol. The molecule has 0 radical (unpaired) electrons. The lowest BCUT2D eigenvalue weighted by Gasteiger charge is -2.36. The molecule has 0 saturated carbocycles. The van der Waals surface area contributed by atoms with E-state index in [4.69, 9.17) is 10.5 Å². The van der Waals surface area contributed by atoms with Gasteiger partial charge in [-0.05, 0) is 24.3 Å². The molecule has 0 spiro atoms. The summed E-state index contributed by atoms with van der Waals surface area (Å²) in [5.41, 5.74) is 2.15. The Morgan fingerprint density at radius 3 is 2.09 bits per heavy atom. The largest absolute Gasteiger partial charge is 0.368 e. The van der Waals surface area contributed by atoms with Crippen molar-refractivity contribution < 1.29 is 0 Å². The molecule has 0 aliphatic carbocycles. The van der Waals surface area contributed by atoms with Gasteiger partial charge in [0.1, 0.15) is 6.07 Å². The van der Waals surface area contributed by atoms with Gasteiger partial charge in [0.05, 0.1) is 11.6 Å². The molecule has 1 fully saturated rings. The number of nitriles is 2. The molecule has 0 amide bonds. The fourth-order valence-electron chi connectivity index (χ4n) is 2.56. The van der Waals surface area contributed by atoms with Gasteiger partial charge in [-0.1, -0.05) is 0 Å². The number of anilines is 2. The molecule has 1 aromatic heterocycles. The van der Waals surface area contributed by atoms with Gasteiger partial charge in [-0.25, -0.2) is 9.97 Å². The first-order valence-electron chi connectivity index (χ1n) is 7.03. The van der Waals surface area contributed by atoms with Crippen molar-refractivity contribution in [3.05, 3.63) is 47.9 Å². The van der Waals surface area contributed by atoms with E-state index in [0.717, 1.165) is 31.9 Å². The average molecular weight is 290 g/mol. The van der Waals surface area contributed by atoms with Crippen molar-refractivity contribution in [3.8, 4) is 12.1 Å². The van der Waals surface area contributed by atoms with E-state index in [1.165, 1.54) is 6.20 Å². The fourth-order valence-corrected chi connectivity index (χ4v) is 2.56. The van der Waals surface area contributed by atoms with Crippen molar-refractivity contribution in [1.29, 1.82) is 10.5 Å². The molecule has 1 aliphatic rings. The van der Waals surface area contributed by atoms with Gasteiger partial charge in [-0.15, -0.1) is 0 Å². The van der Waals surface area contributed by atoms with Gasteiger partial charge in [0.15, 0.2) is 11.5 Å². The van der Waals surface area contributed by atoms with Crippen LogP contribution in [0.3, 0.4) is 0 Å².